The third kappa shape index (κ3) is 2.42. The Balaban J connectivity index is 0.00000144. The van der Waals surface area contributed by atoms with Crippen molar-refractivity contribution in [2.75, 3.05) is 0 Å². The SMILES string of the molecule is Oc1ccc2ccccc2c1-c1cccc2ccccc12.[Na]. The van der Waals surface area contributed by atoms with Crippen LogP contribution in [0.1, 0.15) is 0 Å². The van der Waals surface area contributed by atoms with Crippen LogP contribution >= 0.6 is 0 Å². The maximum Gasteiger partial charge on any atom is 0.124 e. The van der Waals surface area contributed by atoms with Crippen molar-refractivity contribution in [3.05, 3.63) is 78.9 Å². The monoisotopic (exact) mass is 293 g/mol. The molecule has 0 aliphatic rings. The van der Waals surface area contributed by atoms with Crippen LogP contribution < -0.4 is 0 Å². The van der Waals surface area contributed by atoms with Crippen LogP contribution in [0.4, 0.5) is 0 Å². The first kappa shape index (κ1) is 15.1. The number of phenols is 1. The Labute approximate surface area is 151 Å². The Bertz CT molecular complexity index is 955. The van der Waals surface area contributed by atoms with Crippen molar-refractivity contribution >= 4 is 51.1 Å². The van der Waals surface area contributed by atoms with E-state index in [9.17, 15) is 5.11 Å². The van der Waals surface area contributed by atoms with Gasteiger partial charge in [0.25, 0.3) is 0 Å². The molecule has 4 aromatic rings. The minimum Gasteiger partial charge on any atom is -0.507 e. The number of benzene rings is 4. The van der Waals surface area contributed by atoms with Crippen molar-refractivity contribution in [1.29, 1.82) is 0 Å². The van der Waals surface area contributed by atoms with E-state index in [1.54, 1.807) is 6.07 Å². The molecule has 0 unspecified atom stereocenters. The molecule has 0 aliphatic heterocycles. The van der Waals surface area contributed by atoms with E-state index in [0.29, 0.717) is 5.75 Å². The first-order chi connectivity index (χ1) is 10.3. The summed E-state index contributed by atoms with van der Waals surface area (Å²) in [5.41, 5.74) is 1.98. The number of rotatable bonds is 1. The van der Waals surface area contributed by atoms with Crippen LogP contribution in [-0.2, 0) is 0 Å². The molecule has 0 aliphatic carbocycles. The molecule has 0 spiro atoms. The van der Waals surface area contributed by atoms with Crippen LogP contribution in [0.3, 0.4) is 0 Å². The molecule has 1 radical (unpaired) electrons. The zero-order chi connectivity index (χ0) is 14.2. The minimum atomic E-state index is 0. The molecule has 0 saturated carbocycles. The van der Waals surface area contributed by atoms with E-state index in [1.807, 2.05) is 36.4 Å². The summed E-state index contributed by atoms with van der Waals surface area (Å²) in [6.45, 7) is 0. The molecule has 0 aromatic heterocycles. The molecular formula is C20H14NaO. The molecule has 101 valence electrons. The topological polar surface area (TPSA) is 20.2 Å². The average molecular weight is 293 g/mol. The van der Waals surface area contributed by atoms with Gasteiger partial charge in [0.15, 0.2) is 0 Å². The summed E-state index contributed by atoms with van der Waals surface area (Å²) in [6.07, 6.45) is 0. The van der Waals surface area contributed by atoms with E-state index in [0.717, 1.165) is 27.3 Å². The largest absolute Gasteiger partial charge is 0.507 e. The van der Waals surface area contributed by atoms with E-state index in [-0.39, 0.29) is 29.6 Å². The first-order valence-corrected chi connectivity index (χ1v) is 7.03. The van der Waals surface area contributed by atoms with E-state index < -0.39 is 0 Å². The van der Waals surface area contributed by atoms with E-state index in [4.69, 9.17) is 0 Å². The summed E-state index contributed by atoms with van der Waals surface area (Å²) in [6, 6.07) is 26.4. The van der Waals surface area contributed by atoms with Gasteiger partial charge in [-0.2, -0.15) is 0 Å². The van der Waals surface area contributed by atoms with Crippen molar-refractivity contribution in [3.63, 3.8) is 0 Å². The van der Waals surface area contributed by atoms with Gasteiger partial charge in [0.1, 0.15) is 5.75 Å². The fourth-order valence-electron chi connectivity index (χ4n) is 2.99. The molecule has 2 heteroatoms. The fraction of sp³-hybridized carbons (Fsp3) is 0. The van der Waals surface area contributed by atoms with Gasteiger partial charge in [-0.25, -0.2) is 0 Å². The predicted molar refractivity (Wildman–Crippen MR) is 94.3 cm³/mol. The minimum absolute atomic E-state index is 0. The predicted octanol–water partition coefficient (Wildman–Crippen LogP) is 4.98. The van der Waals surface area contributed by atoms with Crippen LogP contribution in [0.5, 0.6) is 5.75 Å². The molecule has 4 aromatic carbocycles. The third-order valence-electron chi connectivity index (χ3n) is 3.97. The van der Waals surface area contributed by atoms with Gasteiger partial charge in [-0.1, -0.05) is 72.8 Å². The van der Waals surface area contributed by atoms with Crippen molar-refractivity contribution in [2.24, 2.45) is 0 Å². The van der Waals surface area contributed by atoms with Crippen molar-refractivity contribution in [1.82, 2.24) is 0 Å². The molecule has 0 bridgehead atoms. The molecular weight excluding hydrogens is 279 g/mol. The van der Waals surface area contributed by atoms with Crippen molar-refractivity contribution in [2.45, 2.75) is 0 Å². The summed E-state index contributed by atoms with van der Waals surface area (Å²) in [5.74, 6) is 0.324. The summed E-state index contributed by atoms with van der Waals surface area (Å²) >= 11 is 0. The van der Waals surface area contributed by atoms with Crippen LogP contribution in [0.2, 0.25) is 0 Å². The van der Waals surface area contributed by atoms with Crippen molar-refractivity contribution < 1.29 is 5.11 Å². The second kappa shape index (κ2) is 6.13. The molecule has 0 atom stereocenters. The van der Waals surface area contributed by atoms with E-state index in [1.165, 1.54) is 5.39 Å². The molecule has 0 amide bonds. The second-order valence-electron chi connectivity index (χ2n) is 5.21. The van der Waals surface area contributed by atoms with Gasteiger partial charge in [-0.05, 0) is 33.2 Å². The van der Waals surface area contributed by atoms with Crippen LogP contribution in [0.15, 0.2) is 78.9 Å². The third-order valence-corrected chi connectivity index (χ3v) is 3.97. The average Bonchev–Trinajstić information content (AvgIpc) is 2.54. The summed E-state index contributed by atoms with van der Waals surface area (Å²) in [5, 5.41) is 15.0. The van der Waals surface area contributed by atoms with Gasteiger partial charge in [-0.15, -0.1) is 0 Å². The summed E-state index contributed by atoms with van der Waals surface area (Å²) in [4.78, 5) is 0. The van der Waals surface area contributed by atoms with Crippen LogP contribution in [0.25, 0.3) is 32.7 Å². The van der Waals surface area contributed by atoms with Gasteiger partial charge in [0.2, 0.25) is 0 Å². The quantitative estimate of drug-likeness (QED) is 0.490. The Morgan fingerprint density at radius 1 is 0.545 bits per heavy atom. The van der Waals surface area contributed by atoms with Gasteiger partial charge in [0, 0.05) is 35.1 Å². The zero-order valence-corrected chi connectivity index (χ0v) is 14.5. The smallest absolute Gasteiger partial charge is 0.124 e. The van der Waals surface area contributed by atoms with Crippen molar-refractivity contribution in [3.8, 4) is 16.9 Å². The van der Waals surface area contributed by atoms with Crippen LogP contribution in [0, 0.1) is 0 Å². The summed E-state index contributed by atoms with van der Waals surface area (Å²) < 4.78 is 0. The normalized spacial score (nSPS) is 10.5. The number of hydrogen-bond donors (Lipinski definition) is 1. The molecule has 4 rings (SSSR count). The number of fused-ring (bicyclic) bond motifs is 2. The van der Waals surface area contributed by atoms with E-state index in [2.05, 4.69) is 36.4 Å². The first-order valence-electron chi connectivity index (χ1n) is 7.03. The standard InChI is InChI=1S/C20H14O.Na/c21-19-13-12-15-7-2-4-10-17(15)20(19)18-11-5-8-14-6-1-3-9-16(14)18;/h1-13,21H;. The van der Waals surface area contributed by atoms with E-state index >= 15 is 0 Å². The van der Waals surface area contributed by atoms with Gasteiger partial charge < -0.3 is 5.11 Å². The molecule has 22 heavy (non-hydrogen) atoms. The molecule has 1 nitrogen and oxygen atoms in total. The Morgan fingerprint density at radius 2 is 1.14 bits per heavy atom. The van der Waals surface area contributed by atoms with Gasteiger partial charge in [0.05, 0.1) is 0 Å². The van der Waals surface area contributed by atoms with Gasteiger partial charge >= 0.3 is 0 Å². The number of aromatic hydroxyl groups is 1. The Kier molecular flexibility index (Phi) is 4.21. The second-order valence-corrected chi connectivity index (χ2v) is 5.21. The maximum absolute atomic E-state index is 10.4. The van der Waals surface area contributed by atoms with Crippen LogP contribution in [-0.4, -0.2) is 34.7 Å². The molecule has 0 fully saturated rings. The summed E-state index contributed by atoms with van der Waals surface area (Å²) in [7, 11) is 0. The molecule has 0 heterocycles. The Hall–Kier alpha value is -1.80. The number of hydrogen-bond acceptors (Lipinski definition) is 1. The van der Waals surface area contributed by atoms with Gasteiger partial charge in [-0.3, -0.25) is 0 Å². The fourth-order valence-corrected chi connectivity index (χ4v) is 2.99. The molecule has 1 N–H and O–H groups in total. The maximum atomic E-state index is 10.4. The Morgan fingerprint density at radius 3 is 1.91 bits per heavy atom. The number of phenolic OH excluding ortho intramolecular Hbond substituents is 1. The zero-order valence-electron chi connectivity index (χ0n) is 12.5. The molecule has 0 saturated heterocycles.